The second-order valence-electron chi connectivity index (χ2n) is 0.600. The van der Waals surface area contributed by atoms with E-state index in [0.29, 0.717) is 0 Å². The first-order chi connectivity index (χ1) is 2.00. The Bertz CT molecular complexity index is 41.0. The van der Waals surface area contributed by atoms with E-state index < -0.39 is 9.05 Å². The van der Waals surface area contributed by atoms with Gasteiger partial charge in [-0.2, -0.15) is 0 Å². The minimum Gasteiger partial charge on any atom is -1.00 e. The normalized spacial score (nSPS) is 6.00. The standard InChI is InChI=1S/Al.Fe.Mg.H4O4Si.2H2O.5H/c;;;1-5(2,3)4;;;;;;;/h;;;1-4H;2*1H2;;;;;/q;;+2;;;;;;;2*-1. The molecule has 0 atom stereocenters. The van der Waals surface area contributed by atoms with Crippen molar-refractivity contribution in [1.82, 2.24) is 0 Å². The Morgan fingerprint density at radius 1 is 0.900 bits per heavy atom. The quantitative estimate of drug-likeness (QED) is 0.315. The molecule has 0 unspecified atom stereocenters. The molecule has 10 heteroatoms. The van der Waals surface area contributed by atoms with Gasteiger partial charge in [-0.3, -0.25) is 0 Å². The topological polar surface area (TPSA) is 144 Å². The predicted molar refractivity (Wildman–Crippen MR) is 39.8 cm³/mol. The third kappa shape index (κ3) is 235. The first kappa shape index (κ1) is 40.9. The maximum Gasteiger partial charge on any atom is 2.00 e. The van der Waals surface area contributed by atoms with Crippen LogP contribution in [0.25, 0.3) is 0 Å². The first-order valence-electron chi connectivity index (χ1n) is 0.894. The number of rotatable bonds is 0. The summed E-state index contributed by atoms with van der Waals surface area (Å²) in [6, 6.07) is 0. The van der Waals surface area contributed by atoms with Crippen LogP contribution in [0.4, 0.5) is 0 Å². The second-order valence-corrected chi connectivity index (χ2v) is 1.80. The summed E-state index contributed by atoms with van der Waals surface area (Å²) in [5.74, 6) is 0. The number of hydrogen-bond donors (Lipinski definition) is 4. The molecule has 8 N–H and O–H groups in total. The molecule has 0 fully saturated rings. The van der Waals surface area contributed by atoms with Gasteiger partial charge in [0, 0.05) is 17.1 Å². The van der Waals surface area contributed by atoms with E-state index in [1.807, 2.05) is 0 Å². The van der Waals surface area contributed by atoms with Crippen molar-refractivity contribution < 1.29 is 50.1 Å². The van der Waals surface area contributed by atoms with E-state index in [1.165, 1.54) is 0 Å². The molecule has 0 aliphatic heterocycles. The Balaban J connectivity index is -0.00000000381. The molecule has 0 amide bonds. The predicted octanol–water partition coefficient (Wildman–Crippen LogP) is -5.60. The molecule has 0 aromatic carbocycles. The van der Waals surface area contributed by atoms with Crippen LogP contribution in [0.3, 0.4) is 0 Å². The van der Waals surface area contributed by atoms with Gasteiger partial charge in [-0.05, 0) is 0 Å². The van der Waals surface area contributed by atoms with Crippen molar-refractivity contribution in [1.29, 1.82) is 0 Å². The molecular formula is H13AlFeMgO6Si. The van der Waals surface area contributed by atoms with Gasteiger partial charge in [-0.15, -0.1) is 0 Å². The molecule has 0 spiro atoms. The van der Waals surface area contributed by atoms with Crippen molar-refractivity contribution in [2.24, 2.45) is 0 Å². The summed E-state index contributed by atoms with van der Waals surface area (Å²) in [7, 11) is -4.61. The Hall–Kier alpha value is 1.80. The van der Waals surface area contributed by atoms with E-state index in [4.69, 9.17) is 19.2 Å². The molecule has 0 rings (SSSR count). The molecule has 0 aromatic heterocycles. The zero-order valence-corrected chi connectivity index (χ0v) is 7.87. The van der Waals surface area contributed by atoms with Crippen molar-refractivity contribution in [3.8, 4) is 0 Å². The summed E-state index contributed by atoms with van der Waals surface area (Å²) in [6.07, 6.45) is 0. The summed E-state index contributed by atoms with van der Waals surface area (Å²) in [5.41, 5.74) is 0. The summed E-state index contributed by atoms with van der Waals surface area (Å²) in [5, 5.41) is 0. The van der Waals surface area contributed by atoms with Gasteiger partial charge in [0.25, 0.3) is 0 Å². The van der Waals surface area contributed by atoms with E-state index in [9.17, 15) is 0 Å². The molecular weight excluding hydrogens is 231 g/mol. The van der Waals surface area contributed by atoms with Crippen LogP contribution < -0.4 is 0 Å². The van der Waals surface area contributed by atoms with Crippen LogP contribution in [0.1, 0.15) is 2.85 Å². The molecule has 0 aromatic rings. The van der Waals surface area contributed by atoms with Gasteiger partial charge in [0.05, 0.1) is 0 Å². The molecule has 0 radical (unpaired) electrons. The van der Waals surface area contributed by atoms with Crippen LogP contribution in [0.15, 0.2) is 0 Å². The van der Waals surface area contributed by atoms with Gasteiger partial charge in [0.15, 0.2) is 17.4 Å². The SMILES string of the molecule is O.O.O[Si](O)(O)O.[AlH3].[Fe].[H-].[H-].[Mg+2]. The fourth-order valence-electron chi connectivity index (χ4n) is 0. The zero-order valence-electron chi connectivity index (χ0n) is 6.35. The van der Waals surface area contributed by atoms with E-state index in [-0.39, 0.29) is 71.3 Å². The molecule has 6 nitrogen and oxygen atoms in total. The molecule has 0 saturated heterocycles. The van der Waals surface area contributed by atoms with Crippen LogP contribution in [0.2, 0.25) is 0 Å². The summed E-state index contributed by atoms with van der Waals surface area (Å²) < 4.78 is 0. The molecule has 10 heavy (non-hydrogen) atoms. The van der Waals surface area contributed by atoms with Gasteiger partial charge < -0.3 is 33.0 Å². The zero-order chi connectivity index (χ0) is 4.50. The van der Waals surface area contributed by atoms with Crippen molar-refractivity contribution >= 4 is 49.5 Å². The van der Waals surface area contributed by atoms with Crippen LogP contribution in [-0.4, -0.2) is 79.6 Å². The summed E-state index contributed by atoms with van der Waals surface area (Å²) in [6.45, 7) is 0. The second kappa shape index (κ2) is 17.0. The van der Waals surface area contributed by atoms with Crippen LogP contribution in [0.5, 0.6) is 0 Å². The third-order valence-electron chi connectivity index (χ3n) is 0. The van der Waals surface area contributed by atoms with E-state index in [0.717, 1.165) is 0 Å². The van der Waals surface area contributed by atoms with E-state index >= 15 is 0 Å². The van der Waals surface area contributed by atoms with Crippen LogP contribution in [-0.2, 0) is 17.1 Å². The van der Waals surface area contributed by atoms with Gasteiger partial charge >= 0.3 is 32.1 Å². The van der Waals surface area contributed by atoms with E-state index in [1.54, 1.807) is 0 Å². The minimum absolute atomic E-state index is 0. The van der Waals surface area contributed by atoms with Gasteiger partial charge in [-0.25, -0.2) is 0 Å². The number of hydrogen-bond acceptors (Lipinski definition) is 4. The average Bonchev–Trinajstić information content (AvgIpc) is 0.722. The molecule has 66 valence electrons. The first-order valence-corrected chi connectivity index (χ1v) is 2.68. The fraction of sp³-hybridized carbons (Fsp3) is 0. The maximum atomic E-state index is 7.33. The summed E-state index contributed by atoms with van der Waals surface area (Å²) in [4.78, 5) is 29.3. The Labute approximate surface area is 99.1 Å². The Kier molecular flexibility index (Phi) is 69.8. The fourth-order valence-corrected chi connectivity index (χ4v) is 0. The smallest absolute Gasteiger partial charge is 1.00 e. The van der Waals surface area contributed by atoms with Gasteiger partial charge in [0.1, 0.15) is 0 Å². The van der Waals surface area contributed by atoms with Crippen molar-refractivity contribution in [2.75, 3.05) is 0 Å². The Morgan fingerprint density at radius 3 is 0.900 bits per heavy atom. The third-order valence-corrected chi connectivity index (χ3v) is 0. The Morgan fingerprint density at radius 2 is 0.900 bits per heavy atom. The summed E-state index contributed by atoms with van der Waals surface area (Å²) >= 11 is 0. The average molecular weight is 244 g/mol. The molecule has 0 bridgehead atoms. The van der Waals surface area contributed by atoms with Crippen molar-refractivity contribution in [3.05, 3.63) is 0 Å². The largest absolute Gasteiger partial charge is 2.00 e. The van der Waals surface area contributed by atoms with Crippen molar-refractivity contribution in [2.45, 2.75) is 0 Å². The van der Waals surface area contributed by atoms with Crippen LogP contribution >= 0.6 is 0 Å². The minimum atomic E-state index is -4.61. The molecule has 0 aliphatic rings. The van der Waals surface area contributed by atoms with E-state index in [2.05, 4.69) is 0 Å². The molecule has 0 saturated carbocycles. The molecule has 0 aliphatic carbocycles. The van der Waals surface area contributed by atoms with Gasteiger partial charge in [0.2, 0.25) is 0 Å². The maximum absolute atomic E-state index is 7.33. The monoisotopic (exact) mass is 244 g/mol. The van der Waals surface area contributed by atoms with Crippen molar-refractivity contribution in [3.63, 3.8) is 0 Å². The van der Waals surface area contributed by atoms with Gasteiger partial charge in [-0.1, -0.05) is 0 Å². The van der Waals surface area contributed by atoms with Crippen LogP contribution in [0, 0.1) is 0 Å². The molecule has 0 heterocycles.